The van der Waals surface area contributed by atoms with E-state index < -0.39 is 26.7 Å². The van der Waals surface area contributed by atoms with Crippen LogP contribution in [0.2, 0.25) is 0 Å². The highest BCUT2D eigenvalue weighted by Gasteiger charge is 2.58. The van der Waals surface area contributed by atoms with Gasteiger partial charge in [0.2, 0.25) is 0 Å². The predicted molar refractivity (Wildman–Crippen MR) is 63.3 cm³/mol. The fourth-order valence-electron chi connectivity index (χ4n) is 1.38. The lowest BCUT2D eigenvalue weighted by molar-refractivity contribution is 0.121. The molecule has 5 N–H and O–H groups in total. The van der Waals surface area contributed by atoms with Crippen LogP contribution in [0.3, 0.4) is 0 Å². The van der Waals surface area contributed by atoms with Crippen LogP contribution < -0.4 is 0 Å². The molecule has 9 nitrogen and oxygen atoms in total. The third-order valence-corrected chi connectivity index (χ3v) is 6.56. The lowest BCUT2D eigenvalue weighted by Gasteiger charge is -2.28. The molecule has 1 aromatic rings. The summed E-state index contributed by atoms with van der Waals surface area (Å²) < 4.78 is 27.3. The van der Waals surface area contributed by atoms with Gasteiger partial charge in [0.1, 0.15) is 5.76 Å². The number of hydrogen-bond acceptors (Lipinski definition) is 5. The van der Waals surface area contributed by atoms with E-state index in [0.717, 1.165) is 0 Å². The summed E-state index contributed by atoms with van der Waals surface area (Å²) in [4.78, 5) is 39.6. The molecule has 11 heteroatoms. The fourth-order valence-corrected chi connectivity index (χ4v) is 3.55. The molecular weight excluding hydrogens is 300 g/mol. The zero-order valence-electron chi connectivity index (χ0n) is 10.2. The number of hydrogen-bond donors (Lipinski definition) is 5. The molecule has 0 aliphatic carbocycles. The molecule has 0 saturated carbocycles. The van der Waals surface area contributed by atoms with Crippen molar-refractivity contribution in [2.24, 2.45) is 0 Å². The van der Waals surface area contributed by atoms with Gasteiger partial charge in [-0.05, 0) is 13.8 Å². The number of nitrogens with zero attached hydrogens (tertiary/aromatic N) is 1. The van der Waals surface area contributed by atoms with Crippen LogP contribution in [0.1, 0.15) is 23.8 Å². The Labute approximate surface area is 108 Å². The second-order valence-electron chi connectivity index (χ2n) is 4.11. The van der Waals surface area contributed by atoms with Crippen molar-refractivity contribution in [3.8, 4) is 0 Å². The molecule has 0 aliphatic rings. The second kappa shape index (κ2) is 5.10. The van der Waals surface area contributed by atoms with Crippen LogP contribution in [0.15, 0.2) is 4.42 Å². The fraction of sp³-hybridized carbons (Fsp3) is 0.625. The molecule has 0 amide bonds. The van der Waals surface area contributed by atoms with Crippen LogP contribution >= 0.6 is 15.2 Å². The lowest BCUT2D eigenvalue weighted by Crippen LogP contribution is -2.29. The van der Waals surface area contributed by atoms with Gasteiger partial charge < -0.3 is 29.1 Å². The second-order valence-corrected chi connectivity index (χ2v) is 8.12. The summed E-state index contributed by atoms with van der Waals surface area (Å²) in [6.45, 7) is 3.25. The van der Waals surface area contributed by atoms with Gasteiger partial charge >= 0.3 is 15.2 Å². The Balaban J connectivity index is 2.99. The van der Waals surface area contributed by atoms with E-state index in [9.17, 15) is 14.2 Å². The Hall–Kier alpha value is -0.530. The Kier molecular flexibility index (Phi) is 4.44. The van der Waals surface area contributed by atoms with Crippen molar-refractivity contribution < 1.29 is 38.2 Å². The van der Waals surface area contributed by atoms with Gasteiger partial charge in [0, 0.05) is 12.8 Å². The van der Waals surface area contributed by atoms with Gasteiger partial charge in [-0.1, -0.05) is 0 Å². The quantitative estimate of drug-likeness (QED) is 0.479. The zero-order valence-corrected chi connectivity index (χ0v) is 12.0. The molecule has 0 radical (unpaired) electrons. The van der Waals surface area contributed by atoms with Crippen LogP contribution in [0.25, 0.3) is 0 Å². The van der Waals surface area contributed by atoms with E-state index in [1.807, 2.05) is 0 Å². The van der Waals surface area contributed by atoms with Crippen molar-refractivity contribution in [3.63, 3.8) is 0 Å². The van der Waals surface area contributed by atoms with E-state index in [2.05, 4.69) is 4.98 Å². The monoisotopic (exact) mass is 315 g/mol. The smallest absolute Gasteiger partial charge is 0.369 e. The standard InChI is InChI=1S/C8H15NO8P2/c1-5-6(2)17-7(9-5)3-4-8(10,18(11,12)13)19(14,15)16/h10H,3-4H2,1-2H3,(H2,11,12,13)(H2,14,15,16). The summed E-state index contributed by atoms with van der Waals surface area (Å²) in [6, 6.07) is 0. The van der Waals surface area contributed by atoms with Gasteiger partial charge in [-0.3, -0.25) is 9.13 Å². The van der Waals surface area contributed by atoms with Crippen molar-refractivity contribution >= 4 is 15.2 Å². The van der Waals surface area contributed by atoms with Gasteiger partial charge in [-0.25, -0.2) is 4.98 Å². The minimum absolute atomic E-state index is 0.0373. The Morgan fingerprint density at radius 3 is 1.95 bits per heavy atom. The molecule has 1 rings (SSSR count). The molecule has 0 atom stereocenters. The van der Waals surface area contributed by atoms with Crippen molar-refractivity contribution in [2.45, 2.75) is 31.8 Å². The first-order valence-corrected chi connectivity index (χ1v) is 8.37. The number of rotatable bonds is 5. The summed E-state index contributed by atoms with van der Waals surface area (Å²) in [5.41, 5.74) is 0.547. The molecule has 0 spiro atoms. The van der Waals surface area contributed by atoms with Crippen molar-refractivity contribution in [1.29, 1.82) is 0 Å². The molecule has 0 bridgehead atoms. The molecule has 19 heavy (non-hydrogen) atoms. The molecule has 0 unspecified atom stereocenters. The van der Waals surface area contributed by atoms with Gasteiger partial charge in [0.05, 0.1) is 5.69 Å². The first-order valence-electron chi connectivity index (χ1n) is 5.15. The van der Waals surface area contributed by atoms with Crippen LogP contribution in [-0.2, 0) is 15.6 Å². The molecular formula is C8H15NO8P2. The van der Waals surface area contributed by atoms with E-state index in [0.29, 0.717) is 11.5 Å². The van der Waals surface area contributed by atoms with Crippen molar-refractivity contribution in [3.05, 3.63) is 17.3 Å². The Bertz CT molecular complexity index is 514. The van der Waals surface area contributed by atoms with E-state index in [1.54, 1.807) is 13.8 Å². The third kappa shape index (κ3) is 3.32. The summed E-state index contributed by atoms with van der Waals surface area (Å²) in [6.07, 6.45) is -1.19. The molecule has 1 heterocycles. The van der Waals surface area contributed by atoms with Crippen molar-refractivity contribution in [2.75, 3.05) is 0 Å². The van der Waals surface area contributed by atoms with Gasteiger partial charge in [0.15, 0.2) is 5.89 Å². The summed E-state index contributed by atoms with van der Waals surface area (Å²) in [5.74, 6) is 0.515. The van der Waals surface area contributed by atoms with Gasteiger partial charge in [0.25, 0.3) is 5.08 Å². The van der Waals surface area contributed by atoms with Crippen LogP contribution in [0.5, 0.6) is 0 Å². The van der Waals surface area contributed by atoms with E-state index in [4.69, 9.17) is 24.0 Å². The first kappa shape index (κ1) is 16.5. The summed E-state index contributed by atoms with van der Waals surface area (Å²) >= 11 is 0. The minimum Gasteiger partial charge on any atom is -0.446 e. The largest absolute Gasteiger partial charge is 0.446 e. The van der Waals surface area contributed by atoms with Crippen LogP contribution in [0, 0.1) is 13.8 Å². The third-order valence-electron chi connectivity index (χ3n) is 2.68. The molecule has 110 valence electrons. The molecule has 0 saturated heterocycles. The summed E-state index contributed by atoms with van der Waals surface area (Å²) in [7, 11) is -10.9. The van der Waals surface area contributed by atoms with Gasteiger partial charge in [-0.2, -0.15) is 0 Å². The lowest BCUT2D eigenvalue weighted by atomic mass is 10.3. The molecule has 1 aromatic heterocycles. The molecule has 0 fully saturated rings. The predicted octanol–water partition coefficient (Wildman–Crippen LogP) is 0.226. The van der Waals surface area contributed by atoms with E-state index in [1.165, 1.54) is 0 Å². The highest BCUT2D eigenvalue weighted by Crippen LogP contribution is 2.69. The van der Waals surface area contributed by atoms with E-state index >= 15 is 0 Å². The van der Waals surface area contributed by atoms with Crippen LogP contribution in [-0.4, -0.2) is 34.7 Å². The number of aromatic nitrogens is 1. The average Bonchev–Trinajstić information content (AvgIpc) is 2.51. The highest BCUT2D eigenvalue weighted by molar-refractivity contribution is 7.72. The number of aryl methyl sites for hydroxylation is 3. The molecule has 0 aromatic carbocycles. The number of oxazole rings is 1. The topological polar surface area (TPSA) is 161 Å². The number of aliphatic hydroxyl groups is 1. The minimum atomic E-state index is -5.43. The first-order chi connectivity index (χ1) is 8.38. The maximum Gasteiger partial charge on any atom is 0.369 e. The van der Waals surface area contributed by atoms with Gasteiger partial charge in [-0.15, -0.1) is 0 Å². The van der Waals surface area contributed by atoms with Crippen LogP contribution in [0.4, 0.5) is 0 Å². The maximum absolute atomic E-state index is 11.1. The SMILES string of the molecule is Cc1nc(CCC(O)(P(=O)(O)O)P(=O)(O)O)oc1C. The highest BCUT2D eigenvalue weighted by atomic mass is 31.2. The maximum atomic E-state index is 11.1. The molecule has 0 aliphatic heterocycles. The Morgan fingerprint density at radius 2 is 1.63 bits per heavy atom. The van der Waals surface area contributed by atoms with E-state index in [-0.39, 0.29) is 12.3 Å². The normalized spacial score (nSPS) is 13.8. The summed E-state index contributed by atoms with van der Waals surface area (Å²) in [5, 5.41) is 6.19. The zero-order chi connectivity index (χ0) is 15.1. The average molecular weight is 315 g/mol. The Morgan fingerprint density at radius 1 is 1.16 bits per heavy atom. The van der Waals surface area contributed by atoms with Crippen molar-refractivity contribution in [1.82, 2.24) is 4.98 Å².